The van der Waals surface area contributed by atoms with Crippen LogP contribution in [0.3, 0.4) is 0 Å². The number of amides is 3. The highest BCUT2D eigenvalue weighted by Crippen LogP contribution is 2.23. The summed E-state index contributed by atoms with van der Waals surface area (Å²) in [6.45, 7) is 3.36. The van der Waals surface area contributed by atoms with Crippen molar-refractivity contribution in [2.45, 2.75) is 20.0 Å². The van der Waals surface area contributed by atoms with Crippen molar-refractivity contribution < 1.29 is 19.1 Å². The van der Waals surface area contributed by atoms with Crippen molar-refractivity contribution in [2.75, 3.05) is 0 Å². The van der Waals surface area contributed by atoms with E-state index in [2.05, 4.69) is 0 Å². The predicted octanol–water partition coefficient (Wildman–Crippen LogP) is 1.78. The normalized spacial score (nSPS) is 12.0. The third kappa shape index (κ3) is 4.53. The first kappa shape index (κ1) is 15.5. The molecule has 1 aromatic rings. The van der Waals surface area contributed by atoms with Crippen molar-refractivity contribution in [2.24, 2.45) is 11.7 Å². The molecule has 3 N–H and O–H groups in total. The Labute approximate surface area is 118 Å². The molecule has 0 unspecified atom stereocenters. The lowest BCUT2D eigenvalue weighted by Crippen LogP contribution is -2.45. The zero-order valence-electron chi connectivity index (χ0n) is 10.3. The molecule has 0 aromatic carbocycles. The number of carbonyl (C=O) groups is 3. The predicted molar refractivity (Wildman–Crippen MR) is 71.1 cm³/mol. The summed E-state index contributed by atoms with van der Waals surface area (Å²) in [5.41, 5.74) is 4.85. The van der Waals surface area contributed by atoms with Gasteiger partial charge in [-0.2, -0.15) is 0 Å². The quantitative estimate of drug-likeness (QED) is 0.828. The van der Waals surface area contributed by atoms with Crippen LogP contribution < -0.4 is 11.1 Å². The van der Waals surface area contributed by atoms with Gasteiger partial charge in [-0.15, -0.1) is 11.3 Å². The fourth-order valence-electron chi connectivity index (χ4n) is 1.28. The van der Waals surface area contributed by atoms with Crippen LogP contribution in [0.5, 0.6) is 0 Å². The number of hydrogen-bond donors (Lipinski definition) is 2. The van der Waals surface area contributed by atoms with E-state index in [1.54, 1.807) is 19.9 Å². The van der Waals surface area contributed by atoms with Gasteiger partial charge in [0.15, 0.2) is 6.10 Å². The van der Waals surface area contributed by atoms with E-state index >= 15 is 0 Å². The molecule has 0 saturated heterocycles. The third-order valence-corrected chi connectivity index (χ3v) is 3.33. The Hall–Kier alpha value is -1.60. The number of thiophene rings is 1. The number of ether oxygens (including phenoxy) is 1. The second-order valence-corrected chi connectivity index (χ2v) is 5.74. The van der Waals surface area contributed by atoms with Crippen LogP contribution in [0.15, 0.2) is 12.1 Å². The van der Waals surface area contributed by atoms with Crippen LogP contribution >= 0.6 is 22.9 Å². The third-order valence-electron chi connectivity index (χ3n) is 2.12. The van der Waals surface area contributed by atoms with E-state index in [-0.39, 0.29) is 10.8 Å². The topological polar surface area (TPSA) is 98.5 Å². The summed E-state index contributed by atoms with van der Waals surface area (Å²) >= 11 is 6.75. The lowest BCUT2D eigenvalue weighted by atomic mass is 10.1. The van der Waals surface area contributed by atoms with Gasteiger partial charge < -0.3 is 10.5 Å². The Bertz CT molecular complexity index is 501. The van der Waals surface area contributed by atoms with Crippen LogP contribution in [-0.4, -0.2) is 24.0 Å². The molecule has 0 radical (unpaired) electrons. The molecular formula is C11H13ClN2O4S. The molecule has 0 aliphatic rings. The molecule has 1 rings (SSSR count). The monoisotopic (exact) mass is 304 g/mol. The number of imide groups is 1. The van der Waals surface area contributed by atoms with Crippen LogP contribution in [-0.2, 0) is 9.53 Å². The number of primary amides is 1. The largest absolute Gasteiger partial charge is 0.448 e. The highest BCUT2D eigenvalue weighted by Gasteiger charge is 2.28. The molecule has 0 fully saturated rings. The average molecular weight is 305 g/mol. The number of halogens is 1. The summed E-state index contributed by atoms with van der Waals surface area (Å²) in [6, 6.07) is 2.06. The zero-order valence-corrected chi connectivity index (χ0v) is 11.9. The number of nitrogens with two attached hydrogens (primary N) is 1. The van der Waals surface area contributed by atoms with Gasteiger partial charge in [0.1, 0.15) is 4.88 Å². The summed E-state index contributed by atoms with van der Waals surface area (Å²) < 4.78 is 5.51. The van der Waals surface area contributed by atoms with E-state index in [4.69, 9.17) is 22.1 Å². The fraction of sp³-hybridized carbons (Fsp3) is 0.364. The molecule has 19 heavy (non-hydrogen) atoms. The minimum absolute atomic E-state index is 0.280. The van der Waals surface area contributed by atoms with Crippen molar-refractivity contribution in [3.63, 3.8) is 0 Å². The van der Waals surface area contributed by atoms with Gasteiger partial charge >= 0.3 is 12.0 Å². The minimum atomic E-state index is -1.10. The van der Waals surface area contributed by atoms with Gasteiger partial charge in [0.2, 0.25) is 0 Å². The van der Waals surface area contributed by atoms with Gasteiger partial charge in [-0.1, -0.05) is 25.4 Å². The Morgan fingerprint density at radius 2 is 2.00 bits per heavy atom. The molecule has 1 atom stereocenters. The summed E-state index contributed by atoms with van der Waals surface area (Å²) in [7, 11) is 0. The number of rotatable bonds is 4. The SMILES string of the molecule is CC(C)[C@@H](OC(=O)c1ccc(Cl)s1)C(=O)NC(N)=O. The van der Waals surface area contributed by atoms with Gasteiger partial charge in [0.25, 0.3) is 5.91 Å². The van der Waals surface area contributed by atoms with Gasteiger partial charge in [-0.25, -0.2) is 9.59 Å². The van der Waals surface area contributed by atoms with Crippen molar-refractivity contribution in [1.29, 1.82) is 0 Å². The van der Waals surface area contributed by atoms with E-state index in [1.165, 1.54) is 6.07 Å². The van der Waals surface area contributed by atoms with Crippen LogP contribution in [0, 0.1) is 5.92 Å². The van der Waals surface area contributed by atoms with E-state index in [0.717, 1.165) is 11.3 Å². The van der Waals surface area contributed by atoms with Gasteiger partial charge in [0.05, 0.1) is 4.34 Å². The number of nitrogens with one attached hydrogen (secondary N) is 1. The molecule has 1 aromatic heterocycles. The lowest BCUT2D eigenvalue weighted by Gasteiger charge is -2.19. The Balaban J connectivity index is 2.76. The fourth-order valence-corrected chi connectivity index (χ4v) is 2.21. The second-order valence-electron chi connectivity index (χ2n) is 4.03. The Morgan fingerprint density at radius 1 is 1.37 bits per heavy atom. The van der Waals surface area contributed by atoms with Crippen LogP contribution in [0.25, 0.3) is 0 Å². The Morgan fingerprint density at radius 3 is 2.42 bits per heavy atom. The van der Waals surface area contributed by atoms with Crippen molar-refractivity contribution in [3.05, 3.63) is 21.3 Å². The standard InChI is InChI=1S/C11H13ClN2O4S/c1-5(2)8(9(15)14-11(13)17)18-10(16)6-3-4-7(12)19-6/h3-5,8H,1-2H3,(H3,13,14,15,17)/t8-/m1/s1. The first-order valence-electron chi connectivity index (χ1n) is 5.38. The van der Waals surface area contributed by atoms with Crippen molar-refractivity contribution >= 4 is 40.8 Å². The van der Waals surface area contributed by atoms with Crippen LogP contribution in [0.1, 0.15) is 23.5 Å². The lowest BCUT2D eigenvalue weighted by molar-refractivity contribution is -0.130. The molecule has 0 aliphatic heterocycles. The molecule has 1 heterocycles. The zero-order chi connectivity index (χ0) is 14.6. The maximum Gasteiger partial charge on any atom is 0.349 e. The molecule has 8 heteroatoms. The Kier molecular flexibility index (Phi) is 5.31. The highest BCUT2D eigenvalue weighted by atomic mass is 35.5. The maximum absolute atomic E-state index is 11.8. The molecule has 3 amide bonds. The van der Waals surface area contributed by atoms with E-state index in [9.17, 15) is 14.4 Å². The first-order chi connectivity index (χ1) is 8.81. The molecule has 0 bridgehead atoms. The van der Waals surface area contributed by atoms with Gasteiger partial charge in [-0.3, -0.25) is 10.1 Å². The summed E-state index contributed by atoms with van der Waals surface area (Å²) in [6.07, 6.45) is -1.10. The average Bonchev–Trinajstić information content (AvgIpc) is 2.70. The van der Waals surface area contributed by atoms with E-state index in [0.29, 0.717) is 4.34 Å². The van der Waals surface area contributed by atoms with Crippen LogP contribution in [0.4, 0.5) is 4.79 Å². The smallest absolute Gasteiger partial charge is 0.349 e. The molecular weight excluding hydrogens is 292 g/mol. The first-order valence-corrected chi connectivity index (χ1v) is 6.57. The van der Waals surface area contributed by atoms with Crippen molar-refractivity contribution in [3.8, 4) is 0 Å². The number of urea groups is 1. The second kappa shape index (κ2) is 6.53. The van der Waals surface area contributed by atoms with Crippen LogP contribution in [0.2, 0.25) is 4.34 Å². The molecule has 6 nitrogen and oxygen atoms in total. The van der Waals surface area contributed by atoms with Gasteiger partial charge in [0, 0.05) is 0 Å². The van der Waals surface area contributed by atoms with Crippen molar-refractivity contribution in [1.82, 2.24) is 5.32 Å². The molecule has 0 aliphatic carbocycles. The molecule has 0 saturated carbocycles. The maximum atomic E-state index is 11.8. The highest BCUT2D eigenvalue weighted by molar-refractivity contribution is 7.17. The van der Waals surface area contributed by atoms with Gasteiger partial charge in [-0.05, 0) is 18.1 Å². The van der Waals surface area contributed by atoms with E-state index in [1.807, 2.05) is 5.32 Å². The summed E-state index contributed by atoms with van der Waals surface area (Å²) in [5.74, 6) is -1.73. The number of carbonyl (C=O) groups excluding carboxylic acids is 3. The number of esters is 1. The molecule has 104 valence electrons. The number of hydrogen-bond acceptors (Lipinski definition) is 5. The summed E-state index contributed by atoms with van der Waals surface area (Å²) in [5, 5.41) is 1.89. The molecule has 0 spiro atoms. The minimum Gasteiger partial charge on any atom is -0.448 e. The van der Waals surface area contributed by atoms with E-state index < -0.39 is 24.0 Å². The summed E-state index contributed by atoms with van der Waals surface area (Å²) in [4.78, 5) is 34.4.